The maximum absolute atomic E-state index is 14.2. The summed E-state index contributed by atoms with van der Waals surface area (Å²) < 4.78 is 14.2. The zero-order valence-corrected chi connectivity index (χ0v) is 11.4. The highest BCUT2D eigenvalue weighted by Gasteiger charge is 2.20. The Labute approximate surface area is 116 Å². The molecule has 0 fully saturated rings. The van der Waals surface area contributed by atoms with Crippen molar-refractivity contribution in [1.82, 2.24) is 10.3 Å². The molecule has 1 N–H and O–H groups in total. The number of aromatic nitrogens is 1. The Kier molecular flexibility index (Phi) is 4.24. The van der Waals surface area contributed by atoms with Crippen LogP contribution in [0.4, 0.5) is 10.1 Å². The number of pyridine rings is 1. The molecule has 1 aromatic carbocycles. The summed E-state index contributed by atoms with van der Waals surface area (Å²) in [6.07, 6.45) is 1.96. The molecule has 0 spiro atoms. The number of hydrogen-bond acceptors (Lipinski definition) is 4. The van der Waals surface area contributed by atoms with E-state index in [2.05, 4.69) is 10.3 Å². The lowest BCUT2D eigenvalue weighted by molar-refractivity contribution is -0.383. The zero-order chi connectivity index (χ0) is 14.7. The van der Waals surface area contributed by atoms with Crippen molar-refractivity contribution in [2.75, 3.05) is 6.54 Å². The Bertz CT molecular complexity index is 646. The molecule has 0 aliphatic rings. The summed E-state index contributed by atoms with van der Waals surface area (Å²) in [5.74, 6) is -0.576. The quantitative estimate of drug-likeness (QED) is 0.674. The SMILES string of the molecule is CCNC(C)Cc1c(F)cc([N+](=O)[O-])c2cccnc12. The Hall–Kier alpha value is -2.08. The summed E-state index contributed by atoms with van der Waals surface area (Å²) in [5, 5.41) is 14.6. The third-order valence-electron chi connectivity index (χ3n) is 3.18. The molecule has 20 heavy (non-hydrogen) atoms. The first-order valence-electron chi connectivity index (χ1n) is 6.48. The number of likely N-dealkylation sites (N-methyl/N-ethyl adjacent to an activating group) is 1. The van der Waals surface area contributed by atoms with Crippen LogP contribution in [-0.4, -0.2) is 22.5 Å². The fourth-order valence-electron chi connectivity index (χ4n) is 2.32. The third kappa shape index (κ3) is 2.75. The number of fused-ring (bicyclic) bond motifs is 1. The van der Waals surface area contributed by atoms with Crippen LogP contribution in [-0.2, 0) is 6.42 Å². The van der Waals surface area contributed by atoms with Gasteiger partial charge in [-0.3, -0.25) is 15.1 Å². The number of nitrogens with zero attached hydrogens (tertiary/aromatic N) is 2. The summed E-state index contributed by atoms with van der Waals surface area (Å²) in [6, 6.07) is 4.27. The highest BCUT2D eigenvalue weighted by molar-refractivity contribution is 5.90. The molecule has 106 valence electrons. The zero-order valence-electron chi connectivity index (χ0n) is 11.4. The molecule has 0 bridgehead atoms. The second kappa shape index (κ2) is 5.92. The fourth-order valence-corrected chi connectivity index (χ4v) is 2.32. The standard InChI is InChI=1S/C14H16FN3O2/c1-3-16-9(2)7-11-12(15)8-13(18(19)20)10-5-4-6-17-14(10)11/h4-6,8-9,16H,3,7H2,1-2H3. The summed E-state index contributed by atoms with van der Waals surface area (Å²) in [5.41, 5.74) is 0.536. The maximum atomic E-state index is 14.2. The maximum Gasteiger partial charge on any atom is 0.281 e. The van der Waals surface area contributed by atoms with E-state index in [1.807, 2.05) is 13.8 Å². The molecular weight excluding hydrogens is 261 g/mol. The summed E-state index contributed by atoms with van der Waals surface area (Å²) in [7, 11) is 0. The fraction of sp³-hybridized carbons (Fsp3) is 0.357. The van der Waals surface area contributed by atoms with Crippen LogP contribution in [0.25, 0.3) is 10.9 Å². The van der Waals surface area contributed by atoms with Gasteiger partial charge >= 0.3 is 0 Å². The number of nitro groups is 1. The van der Waals surface area contributed by atoms with Gasteiger partial charge in [-0.25, -0.2) is 4.39 Å². The normalized spacial score (nSPS) is 12.6. The first-order chi connectivity index (χ1) is 9.54. The van der Waals surface area contributed by atoms with Crippen molar-refractivity contribution in [3.63, 3.8) is 0 Å². The van der Waals surface area contributed by atoms with E-state index in [4.69, 9.17) is 0 Å². The molecule has 1 atom stereocenters. The van der Waals surface area contributed by atoms with Crippen LogP contribution >= 0.6 is 0 Å². The average molecular weight is 277 g/mol. The van der Waals surface area contributed by atoms with E-state index in [0.717, 1.165) is 12.6 Å². The van der Waals surface area contributed by atoms with Crippen molar-refractivity contribution in [3.05, 3.63) is 45.9 Å². The smallest absolute Gasteiger partial charge is 0.281 e. The Morgan fingerprint density at radius 2 is 2.30 bits per heavy atom. The Morgan fingerprint density at radius 1 is 1.55 bits per heavy atom. The molecule has 0 amide bonds. The van der Waals surface area contributed by atoms with Crippen molar-refractivity contribution in [3.8, 4) is 0 Å². The van der Waals surface area contributed by atoms with E-state index < -0.39 is 10.7 Å². The predicted molar refractivity (Wildman–Crippen MR) is 75.2 cm³/mol. The number of hydrogen-bond donors (Lipinski definition) is 1. The second-order valence-electron chi connectivity index (χ2n) is 4.68. The molecule has 0 saturated heterocycles. The van der Waals surface area contributed by atoms with Crippen molar-refractivity contribution in [2.24, 2.45) is 0 Å². The minimum absolute atomic E-state index is 0.0705. The molecule has 1 aromatic heterocycles. The van der Waals surface area contributed by atoms with Gasteiger partial charge in [-0.1, -0.05) is 6.92 Å². The van der Waals surface area contributed by atoms with Gasteiger partial charge in [-0.05, 0) is 32.0 Å². The molecule has 1 unspecified atom stereocenters. The molecule has 6 heteroatoms. The molecule has 0 saturated carbocycles. The van der Waals surface area contributed by atoms with Crippen LogP contribution in [0.1, 0.15) is 19.4 Å². The number of halogens is 1. The monoisotopic (exact) mass is 277 g/mol. The van der Waals surface area contributed by atoms with Gasteiger partial charge < -0.3 is 5.32 Å². The first-order valence-corrected chi connectivity index (χ1v) is 6.48. The van der Waals surface area contributed by atoms with Gasteiger partial charge in [-0.15, -0.1) is 0 Å². The number of nitro benzene ring substituents is 1. The molecular formula is C14H16FN3O2. The summed E-state index contributed by atoms with van der Waals surface area (Å²) in [6.45, 7) is 4.69. The second-order valence-corrected chi connectivity index (χ2v) is 4.68. The molecule has 1 heterocycles. The highest BCUT2D eigenvalue weighted by atomic mass is 19.1. The van der Waals surface area contributed by atoms with Crippen molar-refractivity contribution in [2.45, 2.75) is 26.3 Å². The van der Waals surface area contributed by atoms with Gasteiger partial charge in [0, 0.05) is 17.8 Å². The third-order valence-corrected chi connectivity index (χ3v) is 3.18. The van der Waals surface area contributed by atoms with Gasteiger partial charge in [-0.2, -0.15) is 0 Å². The van der Waals surface area contributed by atoms with Gasteiger partial charge in [0.2, 0.25) is 0 Å². The lowest BCUT2D eigenvalue weighted by Crippen LogP contribution is -2.28. The molecule has 0 aliphatic carbocycles. The number of nitrogens with one attached hydrogen (secondary N) is 1. The molecule has 0 radical (unpaired) electrons. The molecule has 2 rings (SSSR count). The lowest BCUT2D eigenvalue weighted by atomic mass is 10.0. The Morgan fingerprint density at radius 3 is 2.95 bits per heavy atom. The highest BCUT2D eigenvalue weighted by Crippen LogP contribution is 2.29. The number of non-ortho nitro benzene ring substituents is 1. The van der Waals surface area contributed by atoms with E-state index in [1.54, 1.807) is 12.1 Å². The minimum atomic E-state index is -0.579. The summed E-state index contributed by atoms with van der Waals surface area (Å²) in [4.78, 5) is 14.5. The molecule has 2 aromatic rings. The van der Waals surface area contributed by atoms with Crippen molar-refractivity contribution >= 4 is 16.6 Å². The van der Waals surface area contributed by atoms with E-state index in [0.29, 0.717) is 22.9 Å². The van der Waals surface area contributed by atoms with E-state index in [-0.39, 0.29) is 11.7 Å². The van der Waals surface area contributed by atoms with E-state index in [9.17, 15) is 14.5 Å². The number of rotatable bonds is 5. The van der Waals surface area contributed by atoms with Crippen LogP contribution in [0.15, 0.2) is 24.4 Å². The van der Waals surface area contributed by atoms with Crippen LogP contribution in [0.3, 0.4) is 0 Å². The minimum Gasteiger partial charge on any atom is -0.314 e. The van der Waals surface area contributed by atoms with Crippen molar-refractivity contribution in [1.29, 1.82) is 0 Å². The predicted octanol–water partition coefficient (Wildman–Crippen LogP) is 2.82. The van der Waals surface area contributed by atoms with Crippen LogP contribution in [0, 0.1) is 15.9 Å². The van der Waals surface area contributed by atoms with E-state index >= 15 is 0 Å². The summed E-state index contributed by atoms with van der Waals surface area (Å²) >= 11 is 0. The number of benzene rings is 1. The largest absolute Gasteiger partial charge is 0.314 e. The molecule has 5 nitrogen and oxygen atoms in total. The van der Waals surface area contributed by atoms with Gasteiger partial charge in [0.05, 0.1) is 21.9 Å². The van der Waals surface area contributed by atoms with Gasteiger partial charge in [0.1, 0.15) is 5.82 Å². The van der Waals surface area contributed by atoms with Gasteiger partial charge in [0.15, 0.2) is 0 Å². The van der Waals surface area contributed by atoms with Crippen molar-refractivity contribution < 1.29 is 9.31 Å². The van der Waals surface area contributed by atoms with E-state index in [1.165, 1.54) is 6.20 Å². The van der Waals surface area contributed by atoms with Crippen LogP contribution < -0.4 is 5.32 Å². The lowest BCUT2D eigenvalue weighted by Gasteiger charge is -2.14. The Balaban J connectivity index is 2.58. The topological polar surface area (TPSA) is 68.1 Å². The first kappa shape index (κ1) is 14.3. The van der Waals surface area contributed by atoms with Crippen LogP contribution in [0.2, 0.25) is 0 Å². The van der Waals surface area contributed by atoms with Crippen LogP contribution in [0.5, 0.6) is 0 Å². The molecule has 0 aliphatic heterocycles. The van der Waals surface area contributed by atoms with Gasteiger partial charge in [0.25, 0.3) is 5.69 Å². The average Bonchev–Trinajstić information content (AvgIpc) is 2.41.